The largest absolute Gasteiger partial charge is 0.376 e. The van der Waals surface area contributed by atoms with Crippen LogP contribution in [0.1, 0.15) is 34.1 Å². The topological polar surface area (TPSA) is 27.7 Å². The van der Waals surface area contributed by atoms with E-state index in [9.17, 15) is 0 Å². The Morgan fingerprint density at radius 2 is 1.80 bits per heavy atom. The van der Waals surface area contributed by atoms with Gasteiger partial charge in [-0.1, -0.05) is 13.8 Å². The van der Waals surface area contributed by atoms with Crippen LogP contribution in [0.2, 0.25) is 0 Å². The van der Waals surface area contributed by atoms with Crippen LogP contribution in [0.25, 0.3) is 0 Å². The molecule has 0 aliphatic heterocycles. The fourth-order valence-corrected chi connectivity index (χ4v) is 1.02. The zero-order valence-corrected chi connectivity index (χ0v) is 10.4. The minimum Gasteiger partial charge on any atom is -0.376 e. The van der Waals surface area contributed by atoms with Crippen molar-refractivity contribution in [3.05, 3.63) is 13.0 Å². The quantitative estimate of drug-likeness (QED) is 0.562. The second-order valence-electron chi connectivity index (χ2n) is 3.63. The maximum Gasteiger partial charge on any atom is 0.0873 e. The van der Waals surface area contributed by atoms with Crippen LogP contribution in [-0.4, -0.2) is 32.0 Å². The van der Waals surface area contributed by atoms with Gasteiger partial charge in [0.05, 0.1) is 32.0 Å². The van der Waals surface area contributed by atoms with Gasteiger partial charge >= 0.3 is 0 Å². The Morgan fingerprint density at radius 1 is 1.13 bits per heavy atom. The Hall–Kier alpha value is -0.120. The lowest BCUT2D eigenvalue weighted by atomic mass is 10.4. The van der Waals surface area contributed by atoms with E-state index in [-0.39, 0.29) is 12.2 Å². The van der Waals surface area contributed by atoms with Crippen molar-refractivity contribution < 1.29 is 14.2 Å². The standard InChI is InChI=1S/C12H24O3/c1-5-7-14-11(3)9-13-10-12(4)15-8-6-2/h5,7,11-12H,6,8-10H2,1-4H3. The molecule has 2 unspecified atom stereocenters. The molecule has 0 amide bonds. The molecule has 0 aromatic heterocycles. The molecule has 0 saturated carbocycles. The first-order valence-electron chi connectivity index (χ1n) is 5.66. The van der Waals surface area contributed by atoms with E-state index in [0.717, 1.165) is 13.0 Å². The molecule has 15 heavy (non-hydrogen) atoms. The molecule has 0 aromatic rings. The Bertz CT molecular complexity index is 114. The van der Waals surface area contributed by atoms with Crippen molar-refractivity contribution >= 4 is 0 Å². The Labute approximate surface area is 94.1 Å². The summed E-state index contributed by atoms with van der Waals surface area (Å²) in [7, 11) is 0. The summed E-state index contributed by atoms with van der Waals surface area (Å²) in [5.41, 5.74) is 0. The molecular weight excluding hydrogens is 192 g/mol. The second kappa shape index (κ2) is 10.4. The van der Waals surface area contributed by atoms with Crippen LogP contribution in [0.4, 0.5) is 0 Å². The molecule has 90 valence electrons. The fourth-order valence-electron chi connectivity index (χ4n) is 1.02. The fraction of sp³-hybridized carbons (Fsp3) is 0.833. The van der Waals surface area contributed by atoms with Gasteiger partial charge in [-0.3, -0.25) is 0 Å². The average molecular weight is 216 g/mol. The number of hydrogen-bond donors (Lipinski definition) is 0. The highest BCUT2D eigenvalue weighted by Crippen LogP contribution is 1.99. The first-order valence-corrected chi connectivity index (χ1v) is 5.66. The van der Waals surface area contributed by atoms with Crippen LogP contribution in [-0.2, 0) is 14.2 Å². The van der Waals surface area contributed by atoms with E-state index in [1.165, 1.54) is 0 Å². The normalized spacial score (nSPS) is 15.2. The monoisotopic (exact) mass is 216 g/mol. The molecule has 0 spiro atoms. The predicted molar refractivity (Wildman–Crippen MR) is 61.3 cm³/mol. The predicted octanol–water partition coefficient (Wildman–Crippen LogP) is 2.61. The summed E-state index contributed by atoms with van der Waals surface area (Å²) in [4.78, 5) is 0. The van der Waals surface area contributed by atoms with Gasteiger partial charge in [-0.15, -0.1) is 0 Å². The molecule has 3 nitrogen and oxygen atoms in total. The van der Waals surface area contributed by atoms with Crippen molar-refractivity contribution in [1.82, 2.24) is 0 Å². The van der Waals surface area contributed by atoms with Crippen molar-refractivity contribution in [2.75, 3.05) is 19.8 Å². The maximum atomic E-state index is 5.47. The summed E-state index contributed by atoms with van der Waals surface area (Å²) in [5, 5.41) is 0. The van der Waals surface area contributed by atoms with Gasteiger partial charge in [0.15, 0.2) is 0 Å². The highest BCUT2D eigenvalue weighted by molar-refractivity contribution is 4.68. The van der Waals surface area contributed by atoms with E-state index >= 15 is 0 Å². The molecule has 0 bridgehead atoms. The molecule has 0 aliphatic carbocycles. The average Bonchev–Trinajstić information content (AvgIpc) is 2.23. The van der Waals surface area contributed by atoms with Crippen molar-refractivity contribution in [3.63, 3.8) is 0 Å². The van der Waals surface area contributed by atoms with E-state index in [2.05, 4.69) is 6.92 Å². The molecule has 0 rings (SSSR count). The van der Waals surface area contributed by atoms with Crippen LogP contribution >= 0.6 is 0 Å². The van der Waals surface area contributed by atoms with Crippen LogP contribution in [0.3, 0.4) is 0 Å². The minimum atomic E-state index is 0.0968. The second-order valence-corrected chi connectivity index (χ2v) is 3.63. The third-order valence-electron chi connectivity index (χ3n) is 1.76. The third kappa shape index (κ3) is 10.2. The first-order chi connectivity index (χ1) is 7.20. The maximum absolute atomic E-state index is 5.47. The van der Waals surface area contributed by atoms with E-state index in [0.29, 0.717) is 13.2 Å². The zero-order chi connectivity index (χ0) is 11.5. The highest BCUT2D eigenvalue weighted by atomic mass is 16.6. The lowest BCUT2D eigenvalue weighted by molar-refractivity contribution is -0.0348. The molecule has 3 heteroatoms. The van der Waals surface area contributed by atoms with Gasteiger partial charge < -0.3 is 14.2 Å². The molecule has 0 fully saturated rings. The van der Waals surface area contributed by atoms with Gasteiger partial charge in [0, 0.05) is 6.61 Å². The molecule has 2 atom stereocenters. The summed E-state index contributed by atoms with van der Waals surface area (Å²) < 4.78 is 16.2. The van der Waals surface area contributed by atoms with Gasteiger partial charge in [0.25, 0.3) is 0 Å². The van der Waals surface area contributed by atoms with Crippen molar-refractivity contribution in [3.8, 4) is 0 Å². The van der Waals surface area contributed by atoms with Gasteiger partial charge in [0.2, 0.25) is 0 Å². The van der Waals surface area contributed by atoms with Crippen molar-refractivity contribution in [2.24, 2.45) is 0 Å². The SMILES string of the molecule is C[CH][CH]OC(C)COCC(C)OCCC. The molecule has 2 radical (unpaired) electrons. The molecule has 0 N–H and O–H groups in total. The summed E-state index contributed by atoms with van der Waals surface area (Å²) in [6.45, 7) is 11.7. The smallest absolute Gasteiger partial charge is 0.0873 e. The van der Waals surface area contributed by atoms with Crippen molar-refractivity contribution in [1.29, 1.82) is 0 Å². The van der Waals surface area contributed by atoms with E-state index in [1.54, 1.807) is 6.61 Å². The van der Waals surface area contributed by atoms with Crippen molar-refractivity contribution in [2.45, 2.75) is 46.3 Å². The van der Waals surface area contributed by atoms with Crippen LogP contribution < -0.4 is 0 Å². The minimum absolute atomic E-state index is 0.0968. The lowest BCUT2D eigenvalue weighted by Gasteiger charge is -2.16. The summed E-state index contributed by atoms with van der Waals surface area (Å²) in [6, 6.07) is 0. The summed E-state index contributed by atoms with van der Waals surface area (Å²) in [5.74, 6) is 0. The number of hydrogen-bond acceptors (Lipinski definition) is 3. The van der Waals surface area contributed by atoms with E-state index in [1.807, 2.05) is 27.2 Å². The molecular formula is C12H24O3. The van der Waals surface area contributed by atoms with Gasteiger partial charge in [-0.25, -0.2) is 0 Å². The number of rotatable bonds is 10. The Morgan fingerprint density at radius 3 is 2.40 bits per heavy atom. The van der Waals surface area contributed by atoms with Gasteiger partial charge in [-0.2, -0.15) is 0 Å². The van der Waals surface area contributed by atoms with Gasteiger partial charge in [0.1, 0.15) is 0 Å². The van der Waals surface area contributed by atoms with Gasteiger partial charge in [-0.05, 0) is 26.7 Å². The van der Waals surface area contributed by atoms with Crippen LogP contribution in [0.15, 0.2) is 0 Å². The molecule has 0 aliphatic rings. The molecule has 0 saturated heterocycles. The first kappa shape index (κ1) is 14.9. The lowest BCUT2D eigenvalue weighted by Crippen LogP contribution is -2.21. The summed E-state index contributed by atoms with van der Waals surface area (Å²) >= 11 is 0. The van der Waals surface area contributed by atoms with E-state index in [4.69, 9.17) is 14.2 Å². The van der Waals surface area contributed by atoms with E-state index < -0.39 is 0 Å². The molecule has 0 heterocycles. The third-order valence-corrected chi connectivity index (χ3v) is 1.76. The molecule has 0 aromatic carbocycles. The Kier molecular flexibility index (Phi) is 10.3. The van der Waals surface area contributed by atoms with Crippen LogP contribution in [0, 0.1) is 13.0 Å². The number of ether oxygens (including phenoxy) is 3. The van der Waals surface area contributed by atoms with Crippen LogP contribution in [0.5, 0.6) is 0 Å². The highest BCUT2D eigenvalue weighted by Gasteiger charge is 2.05. The zero-order valence-electron chi connectivity index (χ0n) is 10.4. The summed E-state index contributed by atoms with van der Waals surface area (Å²) in [6.07, 6.45) is 3.17. The Balaban J connectivity index is 3.27.